The number of ether oxygens (including phenoxy) is 1. The number of rotatable bonds is 7. The maximum atomic E-state index is 12.2. The number of hydrogen-bond donors (Lipinski definition) is 2. The topological polar surface area (TPSA) is 75.6 Å². The molecule has 1 rings (SSSR count). The maximum absolute atomic E-state index is 12.2. The lowest BCUT2D eigenvalue weighted by atomic mass is 10.2. The molecule has 0 aromatic heterocycles. The highest BCUT2D eigenvalue weighted by Gasteiger charge is 2.20. The van der Waals surface area contributed by atoms with Crippen LogP contribution in [0.1, 0.15) is 18.9 Å². The van der Waals surface area contributed by atoms with Crippen molar-refractivity contribution >= 4 is 21.6 Å². The molecule has 108 valence electrons. The molecule has 19 heavy (non-hydrogen) atoms. The molecule has 7 heteroatoms. The van der Waals surface area contributed by atoms with E-state index in [1.165, 1.54) is 12.1 Å². The van der Waals surface area contributed by atoms with Gasteiger partial charge >= 0.3 is 0 Å². The van der Waals surface area contributed by atoms with Gasteiger partial charge in [-0.1, -0.05) is 17.7 Å². The van der Waals surface area contributed by atoms with Crippen molar-refractivity contribution in [3.8, 4) is 0 Å². The van der Waals surface area contributed by atoms with Gasteiger partial charge in [0.1, 0.15) is 4.90 Å². The number of aliphatic hydroxyl groups excluding tert-OH is 1. The minimum Gasteiger partial charge on any atom is -0.392 e. The van der Waals surface area contributed by atoms with Gasteiger partial charge in [-0.05, 0) is 31.0 Å². The Bertz CT molecular complexity index is 518. The smallest absolute Gasteiger partial charge is 0.242 e. The van der Waals surface area contributed by atoms with E-state index in [0.29, 0.717) is 18.6 Å². The average Bonchev–Trinajstić information content (AvgIpc) is 2.36. The Balaban J connectivity index is 2.93. The van der Waals surface area contributed by atoms with E-state index in [-0.39, 0.29) is 22.6 Å². The summed E-state index contributed by atoms with van der Waals surface area (Å²) in [6, 6.07) is 4.14. The highest BCUT2D eigenvalue weighted by Crippen LogP contribution is 2.23. The molecule has 1 atom stereocenters. The average molecular weight is 308 g/mol. The molecule has 0 aliphatic carbocycles. The fraction of sp³-hybridized carbons (Fsp3) is 0.500. The molecule has 0 saturated heterocycles. The third kappa shape index (κ3) is 4.74. The van der Waals surface area contributed by atoms with Crippen LogP contribution in [0, 0.1) is 0 Å². The van der Waals surface area contributed by atoms with Crippen LogP contribution in [0.4, 0.5) is 0 Å². The molecule has 0 aliphatic rings. The van der Waals surface area contributed by atoms with Gasteiger partial charge in [0.15, 0.2) is 0 Å². The fourth-order valence-electron chi connectivity index (χ4n) is 1.53. The number of methoxy groups -OCH3 is 1. The summed E-state index contributed by atoms with van der Waals surface area (Å²) in [5.41, 5.74) is 0.495. The number of benzene rings is 1. The lowest BCUT2D eigenvalue weighted by Gasteiger charge is -2.15. The molecule has 0 saturated carbocycles. The second kappa shape index (κ2) is 7.21. The van der Waals surface area contributed by atoms with Gasteiger partial charge in [-0.25, -0.2) is 13.1 Å². The second-order valence-corrected chi connectivity index (χ2v) is 6.32. The van der Waals surface area contributed by atoms with Crippen molar-refractivity contribution in [3.05, 3.63) is 28.8 Å². The lowest BCUT2D eigenvalue weighted by molar-refractivity contribution is 0.188. The van der Waals surface area contributed by atoms with Crippen molar-refractivity contribution in [2.75, 3.05) is 13.7 Å². The SMILES string of the molecule is COCCC(C)NS(=O)(=O)c1cc(CO)ccc1Cl. The Labute approximate surface area is 118 Å². The highest BCUT2D eigenvalue weighted by molar-refractivity contribution is 7.89. The van der Waals surface area contributed by atoms with Crippen molar-refractivity contribution < 1.29 is 18.3 Å². The van der Waals surface area contributed by atoms with Crippen molar-refractivity contribution in [3.63, 3.8) is 0 Å². The predicted molar refractivity (Wildman–Crippen MR) is 73.7 cm³/mol. The summed E-state index contributed by atoms with van der Waals surface area (Å²) < 4.78 is 31.8. The quantitative estimate of drug-likeness (QED) is 0.801. The van der Waals surface area contributed by atoms with E-state index in [1.807, 2.05) is 0 Å². The van der Waals surface area contributed by atoms with E-state index in [2.05, 4.69) is 4.72 Å². The summed E-state index contributed by atoms with van der Waals surface area (Å²) in [5.74, 6) is 0. The first-order valence-electron chi connectivity index (χ1n) is 5.81. The summed E-state index contributed by atoms with van der Waals surface area (Å²) in [6.07, 6.45) is 0.563. The zero-order chi connectivity index (χ0) is 14.5. The summed E-state index contributed by atoms with van der Waals surface area (Å²) in [7, 11) is -2.14. The number of nitrogens with one attached hydrogen (secondary N) is 1. The van der Waals surface area contributed by atoms with Gasteiger partial charge in [0.05, 0.1) is 11.6 Å². The number of sulfonamides is 1. The normalized spacial score (nSPS) is 13.5. The van der Waals surface area contributed by atoms with E-state index in [0.717, 1.165) is 0 Å². The fourth-order valence-corrected chi connectivity index (χ4v) is 3.36. The van der Waals surface area contributed by atoms with E-state index in [4.69, 9.17) is 21.4 Å². The molecule has 0 radical (unpaired) electrons. The number of aliphatic hydroxyl groups is 1. The van der Waals surface area contributed by atoms with Crippen LogP contribution in [-0.4, -0.2) is 33.3 Å². The van der Waals surface area contributed by atoms with Crippen molar-refractivity contribution in [1.82, 2.24) is 4.72 Å². The first-order valence-corrected chi connectivity index (χ1v) is 7.67. The number of halogens is 1. The lowest BCUT2D eigenvalue weighted by Crippen LogP contribution is -2.33. The third-order valence-corrected chi connectivity index (χ3v) is 4.65. The van der Waals surface area contributed by atoms with Crippen LogP contribution < -0.4 is 4.72 Å². The van der Waals surface area contributed by atoms with Crippen LogP contribution >= 0.6 is 11.6 Å². The standard InChI is InChI=1S/C12H18ClNO4S/c1-9(5-6-18-2)14-19(16,17)12-7-10(8-15)3-4-11(12)13/h3-4,7,9,14-15H,5-6,8H2,1-2H3. The summed E-state index contributed by atoms with van der Waals surface area (Å²) in [4.78, 5) is -0.0232. The zero-order valence-corrected chi connectivity index (χ0v) is 12.5. The van der Waals surface area contributed by atoms with Gasteiger partial charge in [-0.15, -0.1) is 0 Å². The Hall–Kier alpha value is -0.660. The number of hydrogen-bond acceptors (Lipinski definition) is 4. The predicted octanol–water partition coefficient (Wildman–Crippen LogP) is 1.54. The minimum atomic E-state index is -3.70. The molecule has 0 heterocycles. The Morgan fingerprint density at radius 1 is 1.47 bits per heavy atom. The molecule has 2 N–H and O–H groups in total. The second-order valence-electron chi connectivity index (χ2n) is 4.23. The zero-order valence-electron chi connectivity index (χ0n) is 10.9. The molecule has 0 bridgehead atoms. The van der Waals surface area contributed by atoms with Crippen LogP contribution in [-0.2, 0) is 21.4 Å². The Morgan fingerprint density at radius 2 is 2.16 bits per heavy atom. The van der Waals surface area contributed by atoms with Crippen LogP contribution in [0.15, 0.2) is 23.1 Å². The third-order valence-electron chi connectivity index (χ3n) is 2.58. The maximum Gasteiger partial charge on any atom is 0.242 e. The molecule has 0 amide bonds. The monoisotopic (exact) mass is 307 g/mol. The molecule has 1 aromatic rings. The Morgan fingerprint density at radius 3 is 2.74 bits per heavy atom. The van der Waals surface area contributed by atoms with Gasteiger partial charge in [-0.3, -0.25) is 0 Å². The molecule has 0 fully saturated rings. The molecule has 0 aliphatic heterocycles. The van der Waals surface area contributed by atoms with Gasteiger partial charge in [0.2, 0.25) is 10.0 Å². The van der Waals surface area contributed by atoms with Crippen LogP contribution in [0.5, 0.6) is 0 Å². The highest BCUT2D eigenvalue weighted by atomic mass is 35.5. The molecular weight excluding hydrogens is 290 g/mol. The molecule has 1 unspecified atom stereocenters. The van der Waals surface area contributed by atoms with Crippen molar-refractivity contribution in [2.45, 2.75) is 30.9 Å². The first kappa shape index (κ1) is 16.4. The summed E-state index contributed by atoms with van der Waals surface area (Å²) in [6.45, 7) is 1.98. The Kier molecular flexibility index (Phi) is 6.22. The van der Waals surface area contributed by atoms with Gasteiger partial charge < -0.3 is 9.84 Å². The molecule has 5 nitrogen and oxygen atoms in total. The summed E-state index contributed by atoms with van der Waals surface area (Å²) in [5, 5.41) is 9.17. The summed E-state index contributed by atoms with van der Waals surface area (Å²) >= 11 is 5.90. The van der Waals surface area contributed by atoms with E-state index < -0.39 is 10.0 Å². The van der Waals surface area contributed by atoms with Gasteiger partial charge in [0.25, 0.3) is 0 Å². The van der Waals surface area contributed by atoms with Crippen LogP contribution in [0.3, 0.4) is 0 Å². The van der Waals surface area contributed by atoms with Crippen molar-refractivity contribution in [1.29, 1.82) is 0 Å². The van der Waals surface area contributed by atoms with Gasteiger partial charge in [0, 0.05) is 19.8 Å². The van der Waals surface area contributed by atoms with E-state index >= 15 is 0 Å². The molecule has 0 spiro atoms. The largest absolute Gasteiger partial charge is 0.392 e. The van der Waals surface area contributed by atoms with Crippen molar-refractivity contribution in [2.24, 2.45) is 0 Å². The molecular formula is C12H18ClNO4S. The van der Waals surface area contributed by atoms with Crippen LogP contribution in [0.2, 0.25) is 5.02 Å². The molecule has 1 aromatic carbocycles. The minimum absolute atomic E-state index is 0.0232. The van der Waals surface area contributed by atoms with Crippen LogP contribution in [0.25, 0.3) is 0 Å². The van der Waals surface area contributed by atoms with Gasteiger partial charge in [-0.2, -0.15) is 0 Å². The van der Waals surface area contributed by atoms with E-state index in [9.17, 15) is 8.42 Å². The van der Waals surface area contributed by atoms with E-state index in [1.54, 1.807) is 20.1 Å². The first-order chi connectivity index (χ1) is 8.90.